The van der Waals surface area contributed by atoms with E-state index in [2.05, 4.69) is 10.4 Å². The molecule has 2 aromatic rings. The van der Waals surface area contributed by atoms with Crippen molar-refractivity contribution in [2.75, 3.05) is 19.6 Å². The van der Waals surface area contributed by atoms with Crippen LogP contribution in [-0.2, 0) is 6.54 Å². The first-order valence-corrected chi connectivity index (χ1v) is 8.37. The van der Waals surface area contributed by atoms with Crippen LogP contribution in [0.5, 0.6) is 0 Å². The Morgan fingerprint density at radius 2 is 2.12 bits per heavy atom. The molecule has 0 bridgehead atoms. The van der Waals surface area contributed by atoms with Crippen molar-refractivity contribution >= 4 is 18.3 Å². The van der Waals surface area contributed by atoms with Crippen LogP contribution in [0.1, 0.15) is 41.9 Å². The van der Waals surface area contributed by atoms with Gasteiger partial charge in [-0.3, -0.25) is 9.48 Å². The second-order valence-electron chi connectivity index (χ2n) is 5.99. The Labute approximate surface area is 149 Å². The zero-order valence-electron chi connectivity index (χ0n) is 14.0. The number of hydrogen-bond donors (Lipinski definition) is 1. The van der Waals surface area contributed by atoms with E-state index in [1.807, 2.05) is 59.1 Å². The Morgan fingerprint density at radius 3 is 2.79 bits per heavy atom. The molecule has 6 heteroatoms. The Morgan fingerprint density at radius 1 is 1.33 bits per heavy atom. The third-order valence-corrected chi connectivity index (χ3v) is 4.36. The van der Waals surface area contributed by atoms with Crippen molar-refractivity contribution in [1.29, 1.82) is 0 Å². The summed E-state index contributed by atoms with van der Waals surface area (Å²) >= 11 is 0. The highest BCUT2D eigenvalue weighted by Crippen LogP contribution is 2.16. The minimum absolute atomic E-state index is 0. The lowest BCUT2D eigenvalue weighted by Crippen LogP contribution is -2.33. The summed E-state index contributed by atoms with van der Waals surface area (Å²) < 4.78 is 1.94. The van der Waals surface area contributed by atoms with Gasteiger partial charge in [-0.15, -0.1) is 12.4 Å². The molecule has 3 rings (SSSR count). The van der Waals surface area contributed by atoms with Gasteiger partial charge in [-0.1, -0.05) is 30.3 Å². The number of carbonyl (C=O) groups is 1. The molecule has 1 aromatic carbocycles. The van der Waals surface area contributed by atoms with Crippen LogP contribution in [0.4, 0.5) is 0 Å². The smallest absolute Gasteiger partial charge is 0.274 e. The molecule has 2 heterocycles. The highest BCUT2D eigenvalue weighted by Gasteiger charge is 2.20. The number of amides is 1. The van der Waals surface area contributed by atoms with Crippen LogP contribution < -0.4 is 5.32 Å². The molecule has 0 saturated carbocycles. The molecule has 1 N–H and O–H groups in total. The van der Waals surface area contributed by atoms with Gasteiger partial charge < -0.3 is 10.2 Å². The van der Waals surface area contributed by atoms with Crippen molar-refractivity contribution < 1.29 is 4.79 Å². The van der Waals surface area contributed by atoms with E-state index in [-0.39, 0.29) is 18.3 Å². The molecule has 1 amide bonds. The third-order valence-electron chi connectivity index (χ3n) is 4.36. The fraction of sp³-hybridized carbons (Fsp3) is 0.444. The zero-order valence-corrected chi connectivity index (χ0v) is 14.8. The number of carbonyl (C=O) groups excluding carboxylic acids is 1. The van der Waals surface area contributed by atoms with Gasteiger partial charge in [0.15, 0.2) is 0 Å². The zero-order chi connectivity index (χ0) is 16.1. The maximum Gasteiger partial charge on any atom is 0.274 e. The Balaban J connectivity index is 0.00000208. The van der Waals surface area contributed by atoms with E-state index >= 15 is 0 Å². The van der Waals surface area contributed by atoms with Crippen molar-refractivity contribution in [2.24, 2.45) is 0 Å². The van der Waals surface area contributed by atoms with Crippen molar-refractivity contribution in [3.05, 3.63) is 53.9 Å². The van der Waals surface area contributed by atoms with Gasteiger partial charge in [-0.2, -0.15) is 5.10 Å². The van der Waals surface area contributed by atoms with Crippen LogP contribution in [0.3, 0.4) is 0 Å². The molecule has 0 radical (unpaired) electrons. The molecule has 1 fully saturated rings. The average molecular weight is 349 g/mol. The first-order valence-electron chi connectivity index (χ1n) is 8.37. The summed E-state index contributed by atoms with van der Waals surface area (Å²) in [6.45, 7) is 5.30. The van der Waals surface area contributed by atoms with Gasteiger partial charge in [0.1, 0.15) is 5.69 Å². The monoisotopic (exact) mass is 348 g/mol. The van der Waals surface area contributed by atoms with E-state index in [9.17, 15) is 4.79 Å². The van der Waals surface area contributed by atoms with E-state index < -0.39 is 0 Å². The Hall–Kier alpha value is -1.85. The molecule has 24 heavy (non-hydrogen) atoms. The second kappa shape index (κ2) is 8.85. The standard InChI is InChI=1S/C18H24N4O.ClH/c1-2-21(14-15-7-4-3-5-8-15)18(23)17-10-12-22(20-17)16-9-6-11-19-13-16;/h3-5,7-8,10,12,16,19H,2,6,9,11,13-14H2,1H3;1H. The van der Waals surface area contributed by atoms with E-state index in [1.165, 1.54) is 0 Å². The lowest BCUT2D eigenvalue weighted by molar-refractivity contribution is 0.0745. The molecule has 130 valence electrons. The molecule has 0 spiro atoms. The average Bonchev–Trinajstić information content (AvgIpc) is 3.11. The van der Waals surface area contributed by atoms with Gasteiger partial charge in [0, 0.05) is 25.8 Å². The Bertz CT molecular complexity index is 637. The molecule has 1 atom stereocenters. The van der Waals surface area contributed by atoms with Gasteiger partial charge in [-0.05, 0) is 37.9 Å². The van der Waals surface area contributed by atoms with Crippen molar-refractivity contribution in [1.82, 2.24) is 20.0 Å². The number of benzene rings is 1. The summed E-state index contributed by atoms with van der Waals surface area (Å²) in [5.74, 6) is -0.00104. The van der Waals surface area contributed by atoms with Crippen molar-refractivity contribution in [3.8, 4) is 0 Å². The summed E-state index contributed by atoms with van der Waals surface area (Å²) in [6.07, 6.45) is 4.20. The molecule has 5 nitrogen and oxygen atoms in total. The number of halogens is 1. The summed E-state index contributed by atoms with van der Waals surface area (Å²) in [7, 11) is 0. The fourth-order valence-electron chi connectivity index (χ4n) is 3.01. The molecule has 1 unspecified atom stereocenters. The van der Waals surface area contributed by atoms with E-state index in [0.29, 0.717) is 24.8 Å². The van der Waals surface area contributed by atoms with Crippen LogP contribution in [0.25, 0.3) is 0 Å². The third kappa shape index (κ3) is 4.36. The highest BCUT2D eigenvalue weighted by molar-refractivity contribution is 5.92. The predicted molar refractivity (Wildman–Crippen MR) is 97.5 cm³/mol. The van der Waals surface area contributed by atoms with Crippen molar-refractivity contribution in [3.63, 3.8) is 0 Å². The summed E-state index contributed by atoms with van der Waals surface area (Å²) in [4.78, 5) is 14.5. The SMILES string of the molecule is CCN(Cc1ccccc1)C(=O)c1ccn(C2CCCNC2)n1.Cl. The fourth-order valence-corrected chi connectivity index (χ4v) is 3.01. The molecule has 0 aliphatic carbocycles. The summed E-state index contributed by atoms with van der Waals surface area (Å²) in [6, 6.07) is 12.3. The molecule has 1 aliphatic heterocycles. The maximum absolute atomic E-state index is 12.7. The van der Waals surface area contributed by atoms with Crippen LogP contribution in [0.2, 0.25) is 0 Å². The number of nitrogens with one attached hydrogen (secondary N) is 1. The molecular formula is C18H25ClN4O. The first kappa shape index (κ1) is 18.5. The van der Waals surface area contributed by atoms with Crippen LogP contribution in [0, 0.1) is 0 Å². The van der Waals surface area contributed by atoms with Gasteiger partial charge >= 0.3 is 0 Å². The van der Waals surface area contributed by atoms with Crippen molar-refractivity contribution in [2.45, 2.75) is 32.4 Å². The predicted octanol–water partition coefficient (Wildman–Crippen LogP) is 2.89. The quantitative estimate of drug-likeness (QED) is 0.903. The largest absolute Gasteiger partial charge is 0.333 e. The first-order chi connectivity index (χ1) is 11.3. The minimum atomic E-state index is -0.00104. The normalized spacial score (nSPS) is 17.1. The van der Waals surface area contributed by atoms with Crippen LogP contribution in [-0.4, -0.2) is 40.2 Å². The number of hydrogen-bond acceptors (Lipinski definition) is 3. The van der Waals surface area contributed by atoms with Gasteiger partial charge in [0.05, 0.1) is 6.04 Å². The van der Waals surface area contributed by atoms with Crippen LogP contribution >= 0.6 is 12.4 Å². The van der Waals surface area contributed by atoms with Crippen LogP contribution in [0.15, 0.2) is 42.6 Å². The highest BCUT2D eigenvalue weighted by atomic mass is 35.5. The summed E-state index contributed by atoms with van der Waals surface area (Å²) in [5, 5.41) is 7.91. The topological polar surface area (TPSA) is 50.2 Å². The number of rotatable bonds is 5. The van der Waals surface area contributed by atoms with Gasteiger partial charge in [-0.25, -0.2) is 0 Å². The van der Waals surface area contributed by atoms with Gasteiger partial charge in [0.2, 0.25) is 0 Å². The van der Waals surface area contributed by atoms with E-state index in [4.69, 9.17) is 0 Å². The van der Waals surface area contributed by atoms with Gasteiger partial charge in [0.25, 0.3) is 5.91 Å². The molecular weight excluding hydrogens is 324 g/mol. The summed E-state index contributed by atoms with van der Waals surface area (Å²) in [5.41, 5.74) is 1.67. The maximum atomic E-state index is 12.7. The number of piperidine rings is 1. The lowest BCUT2D eigenvalue weighted by atomic mass is 10.1. The number of nitrogens with zero attached hydrogens (tertiary/aromatic N) is 3. The molecule has 1 aliphatic rings. The lowest BCUT2D eigenvalue weighted by Gasteiger charge is -2.23. The van der Waals surface area contributed by atoms with E-state index in [0.717, 1.165) is 31.5 Å². The van der Waals surface area contributed by atoms with E-state index in [1.54, 1.807) is 0 Å². The molecule has 1 aromatic heterocycles. The Kier molecular flexibility index (Phi) is 6.82. The minimum Gasteiger partial charge on any atom is -0.333 e. The second-order valence-corrected chi connectivity index (χ2v) is 5.99. The number of aromatic nitrogens is 2. The molecule has 1 saturated heterocycles.